The van der Waals surface area contributed by atoms with Gasteiger partial charge in [0.15, 0.2) is 0 Å². The maximum absolute atomic E-state index is 12.5. The van der Waals surface area contributed by atoms with Crippen LogP contribution in [0.4, 0.5) is 11.4 Å². The first-order chi connectivity index (χ1) is 13.2. The minimum absolute atomic E-state index is 0.0825. The van der Waals surface area contributed by atoms with Crippen molar-refractivity contribution in [3.05, 3.63) is 54.1 Å². The average molecular weight is 382 g/mol. The molecule has 140 valence electrons. The van der Waals surface area contributed by atoms with Gasteiger partial charge in [-0.1, -0.05) is 18.6 Å². The van der Waals surface area contributed by atoms with Crippen LogP contribution in [-0.4, -0.2) is 24.7 Å². The summed E-state index contributed by atoms with van der Waals surface area (Å²) < 4.78 is 5.21. The highest BCUT2D eigenvalue weighted by Gasteiger charge is 2.34. The number of amides is 2. The molecule has 2 aromatic carbocycles. The van der Waals surface area contributed by atoms with E-state index >= 15 is 0 Å². The molecule has 0 spiro atoms. The maximum Gasteiger partial charge on any atom is 0.238 e. The molecule has 0 aromatic heterocycles. The number of carbonyl (C=O) groups is 2. The van der Waals surface area contributed by atoms with Crippen molar-refractivity contribution in [2.75, 3.05) is 23.1 Å². The van der Waals surface area contributed by atoms with Gasteiger partial charge in [0, 0.05) is 17.3 Å². The molecule has 1 aliphatic carbocycles. The van der Waals surface area contributed by atoms with E-state index in [1.165, 1.54) is 0 Å². The second-order valence-corrected chi connectivity index (χ2v) is 7.94. The third-order valence-electron chi connectivity index (χ3n) is 5.13. The predicted octanol–water partition coefficient (Wildman–Crippen LogP) is 4.21. The van der Waals surface area contributed by atoms with E-state index in [0.717, 1.165) is 42.0 Å². The van der Waals surface area contributed by atoms with Crippen LogP contribution < -0.4 is 15.0 Å². The zero-order chi connectivity index (χ0) is 18.8. The molecule has 1 saturated heterocycles. The molecule has 1 N–H and O–H groups in total. The molecule has 2 aliphatic rings. The fourth-order valence-electron chi connectivity index (χ4n) is 3.38. The Kier molecular flexibility index (Phi) is 5.07. The minimum atomic E-state index is -0.105. The topological polar surface area (TPSA) is 58.6 Å². The van der Waals surface area contributed by atoms with E-state index in [4.69, 9.17) is 4.74 Å². The lowest BCUT2D eigenvalue weighted by Crippen LogP contribution is -2.29. The van der Waals surface area contributed by atoms with Crippen LogP contribution in [0.3, 0.4) is 0 Å². The number of ether oxygens (including phenoxy) is 1. The summed E-state index contributed by atoms with van der Waals surface area (Å²) in [4.78, 5) is 26.6. The Morgan fingerprint density at radius 1 is 1.19 bits per heavy atom. The maximum atomic E-state index is 12.5. The van der Waals surface area contributed by atoms with Crippen molar-refractivity contribution in [3.8, 4) is 5.75 Å². The Morgan fingerprint density at radius 3 is 2.63 bits per heavy atom. The summed E-state index contributed by atoms with van der Waals surface area (Å²) in [6.45, 7) is 0. The van der Waals surface area contributed by atoms with Crippen LogP contribution in [0.25, 0.3) is 0 Å². The largest absolute Gasteiger partial charge is 0.497 e. The number of hydrogen-bond acceptors (Lipinski definition) is 4. The number of thioether (sulfide) groups is 1. The third-order valence-corrected chi connectivity index (χ3v) is 6.35. The van der Waals surface area contributed by atoms with Gasteiger partial charge >= 0.3 is 0 Å². The third kappa shape index (κ3) is 3.67. The summed E-state index contributed by atoms with van der Waals surface area (Å²) in [5, 5.41) is 2.92. The Hall–Kier alpha value is -2.47. The number of benzene rings is 2. The Balaban J connectivity index is 1.56. The molecule has 2 amide bonds. The molecule has 2 fully saturated rings. The molecule has 1 heterocycles. The van der Waals surface area contributed by atoms with Crippen LogP contribution in [-0.2, 0) is 9.59 Å². The number of anilines is 2. The first-order valence-electron chi connectivity index (χ1n) is 9.14. The molecule has 27 heavy (non-hydrogen) atoms. The molecule has 6 heteroatoms. The summed E-state index contributed by atoms with van der Waals surface area (Å²) in [6, 6.07) is 15.3. The zero-order valence-corrected chi connectivity index (χ0v) is 16.0. The molecular formula is C21H22N2O3S. The average Bonchev–Trinajstić information content (AvgIpc) is 3.02. The molecule has 5 nitrogen and oxygen atoms in total. The monoisotopic (exact) mass is 382 g/mol. The van der Waals surface area contributed by atoms with Gasteiger partial charge in [-0.25, -0.2) is 0 Å². The number of carbonyl (C=O) groups excluding carboxylic acids is 2. The van der Waals surface area contributed by atoms with Crippen molar-refractivity contribution in [2.45, 2.75) is 24.6 Å². The van der Waals surface area contributed by atoms with E-state index in [1.807, 2.05) is 53.4 Å². The molecule has 0 unspecified atom stereocenters. The number of nitrogens with zero attached hydrogens (tertiary/aromatic N) is 1. The second kappa shape index (κ2) is 7.64. The van der Waals surface area contributed by atoms with Crippen LogP contribution in [0.2, 0.25) is 0 Å². The molecule has 1 saturated carbocycles. The van der Waals surface area contributed by atoms with Gasteiger partial charge in [-0.15, -0.1) is 11.8 Å². The lowest BCUT2D eigenvalue weighted by Gasteiger charge is -2.26. The highest BCUT2D eigenvalue weighted by molar-refractivity contribution is 8.00. The van der Waals surface area contributed by atoms with Gasteiger partial charge in [-0.2, -0.15) is 0 Å². The standard InChI is InChI=1S/C21H22N2O3S/c1-26-18-10-8-17(9-11-18)23-19(24)13-27-21(23)15-6-3-7-16(12-15)22-20(25)14-4-2-5-14/h3,6-12,14,21H,2,4-5,13H2,1H3,(H,22,25)/t21-/m1/s1. The van der Waals surface area contributed by atoms with Gasteiger partial charge in [0.2, 0.25) is 11.8 Å². The Morgan fingerprint density at radius 2 is 1.96 bits per heavy atom. The fraction of sp³-hybridized carbons (Fsp3) is 0.333. The van der Waals surface area contributed by atoms with Crippen LogP contribution in [0.1, 0.15) is 30.2 Å². The zero-order valence-electron chi connectivity index (χ0n) is 15.2. The predicted molar refractivity (Wildman–Crippen MR) is 108 cm³/mol. The highest BCUT2D eigenvalue weighted by atomic mass is 32.2. The SMILES string of the molecule is COc1ccc(N2C(=O)CS[C@@H]2c2cccc(NC(=O)C3CCC3)c2)cc1. The first kappa shape index (κ1) is 17.9. The van der Waals surface area contributed by atoms with E-state index in [2.05, 4.69) is 5.32 Å². The summed E-state index contributed by atoms with van der Waals surface area (Å²) in [5.41, 5.74) is 2.65. The van der Waals surface area contributed by atoms with E-state index in [0.29, 0.717) is 5.75 Å². The molecule has 1 aliphatic heterocycles. The first-order valence-corrected chi connectivity index (χ1v) is 10.2. The van der Waals surface area contributed by atoms with Gasteiger partial charge < -0.3 is 10.1 Å². The van der Waals surface area contributed by atoms with Crippen molar-refractivity contribution >= 4 is 35.0 Å². The number of hydrogen-bond donors (Lipinski definition) is 1. The summed E-state index contributed by atoms with van der Waals surface area (Å²) >= 11 is 1.60. The van der Waals surface area contributed by atoms with E-state index in [9.17, 15) is 9.59 Å². The molecule has 4 rings (SSSR count). The van der Waals surface area contributed by atoms with Crippen molar-refractivity contribution in [1.82, 2.24) is 0 Å². The van der Waals surface area contributed by atoms with Gasteiger partial charge in [0.05, 0.1) is 12.9 Å². The molecule has 2 aromatic rings. The van der Waals surface area contributed by atoms with E-state index < -0.39 is 0 Å². The van der Waals surface area contributed by atoms with Crippen molar-refractivity contribution in [1.29, 1.82) is 0 Å². The van der Waals surface area contributed by atoms with Crippen LogP contribution in [0.5, 0.6) is 5.75 Å². The molecule has 1 atom stereocenters. The number of rotatable bonds is 5. The normalized spacial score (nSPS) is 19.7. The van der Waals surface area contributed by atoms with Gasteiger partial charge in [-0.3, -0.25) is 14.5 Å². The van der Waals surface area contributed by atoms with Gasteiger partial charge in [0.25, 0.3) is 0 Å². The lowest BCUT2D eigenvalue weighted by atomic mass is 9.85. The lowest BCUT2D eigenvalue weighted by molar-refractivity contribution is -0.122. The minimum Gasteiger partial charge on any atom is -0.497 e. The molecule has 0 bridgehead atoms. The number of nitrogens with one attached hydrogen (secondary N) is 1. The molecular weight excluding hydrogens is 360 g/mol. The van der Waals surface area contributed by atoms with Gasteiger partial charge in [0.1, 0.15) is 11.1 Å². The highest BCUT2D eigenvalue weighted by Crippen LogP contribution is 2.42. The smallest absolute Gasteiger partial charge is 0.238 e. The van der Waals surface area contributed by atoms with Crippen LogP contribution in [0, 0.1) is 5.92 Å². The summed E-state index contributed by atoms with van der Waals surface area (Å²) in [7, 11) is 1.62. The summed E-state index contributed by atoms with van der Waals surface area (Å²) in [5.74, 6) is 1.52. The summed E-state index contributed by atoms with van der Waals surface area (Å²) in [6.07, 6.45) is 3.09. The van der Waals surface area contributed by atoms with Crippen molar-refractivity contribution in [3.63, 3.8) is 0 Å². The van der Waals surface area contributed by atoms with Crippen LogP contribution in [0.15, 0.2) is 48.5 Å². The van der Waals surface area contributed by atoms with Crippen molar-refractivity contribution in [2.24, 2.45) is 5.92 Å². The Labute approximate surface area is 163 Å². The second-order valence-electron chi connectivity index (χ2n) is 6.87. The van der Waals surface area contributed by atoms with E-state index in [1.54, 1.807) is 18.9 Å². The quantitative estimate of drug-likeness (QED) is 0.841. The van der Waals surface area contributed by atoms with Crippen LogP contribution >= 0.6 is 11.8 Å². The fourth-order valence-corrected chi connectivity index (χ4v) is 4.54. The van der Waals surface area contributed by atoms with E-state index in [-0.39, 0.29) is 23.1 Å². The number of methoxy groups -OCH3 is 1. The van der Waals surface area contributed by atoms with Crippen molar-refractivity contribution < 1.29 is 14.3 Å². The molecule has 0 radical (unpaired) electrons. The Bertz CT molecular complexity index is 849. The van der Waals surface area contributed by atoms with Gasteiger partial charge in [-0.05, 0) is 54.8 Å².